The van der Waals surface area contributed by atoms with Crippen LogP contribution in [0.25, 0.3) is 0 Å². The second-order valence-corrected chi connectivity index (χ2v) is 2.50. The molecule has 0 saturated heterocycles. The number of hydrogen-bond acceptors (Lipinski definition) is 2. The lowest BCUT2D eigenvalue weighted by atomic mass is 10.1. The Morgan fingerprint density at radius 1 is 1.25 bits per heavy atom. The van der Waals surface area contributed by atoms with E-state index in [1.165, 1.54) is 11.4 Å². The second-order valence-electron chi connectivity index (χ2n) is 2.23. The van der Waals surface area contributed by atoms with Gasteiger partial charge >= 0.3 is 0 Å². The number of allylic oxidation sites excluding steroid dienone is 2. The van der Waals surface area contributed by atoms with Crippen LogP contribution in [0, 0.1) is 0 Å². The van der Waals surface area contributed by atoms with Crippen LogP contribution in [-0.4, -0.2) is 11.2 Å². The SMILES string of the molecule is O=C(/C=C\C=S)c1ccccc1. The molecule has 0 N–H and O–H groups in total. The van der Waals surface area contributed by atoms with Gasteiger partial charge in [-0.05, 0) is 12.2 Å². The van der Waals surface area contributed by atoms with Gasteiger partial charge in [-0.25, -0.2) is 0 Å². The van der Waals surface area contributed by atoms with E-state index in [4.69, 9.17) is 0 Å². The van der Waals surface area contributed by atoms with E-state index in [1.54, 1.807) is 18.2 Å². The van der Waals surface area contributed by atoms with Crippen molar-refractivity contribution in [3.8, 4) is 0 Å². The average Bonchev–Trinajstić information content (AvgIpc) is 2.15. The summed E-state index contributed by atoms with van der Waals surface area (Å²) in [6.45, 7) is 0. The Kier molecular flexibility index (Phi) is 3.35. The number of carbonyl (C=O) groups is 1. The zero-order chi connectivity index (χ0) is 8.81. The summed E-state index contributed by atoms with van der Waals surface area (Å²) in [7, 11) is 0. The van der Waals surface area contributed by atoms with Gasteiger partial charge in [0, 0.05) is 10.9 Å². The normalized spacial score (nSPS) is 10.0. The summed E-state index contributed by atoms with van der Waals surface area (Å²) in [5, 5.41) is 1.42. The molecule has 1 aromatic carbocycles. The number of ketones is 1. The van der Waals surface area contributed by atoms with Crippen LogP contribution in [0.3, 0.4) is 0 Å². The third-order valence-corrected chi connectivity index (χ3v) is 1.54. The largest absolute Gasteiger partial charge is 0.289 e. The fourth-order valence-corrected chi connectivity index (χ4v) is 0.904. The summed E-state index contributed by atoms with van der Waals surface area (Å²) in [4.78, 5) is 11.3. The number of thiocarbonyl (C=S) groups is 1. The van der Waals surface area contributed by atoms with Gasteiger partial charge in [-0.2, -0.15) is 0 Å². The molecule has 0 aliphatic rings. The minimum atomic E-state index is -0.0169. The number of rotatable bonds is 3. The number of carbonyl (C=O) groups excluding carboxylic acids is 1. The van der Waals surface area contributed by atoms with Crippen LogP contribution in [0.5, 0.6) is 0 Å². The Morgan fingerprint density at radius 2 is 1.92 bits per heavy atom. The van der Waals surface area contributed by atoms with Gasteiger partial charge in [0.25, 0.3) is 0 Å². The predicted octanol–water partition coefficient (Wildman–Crippen LogP) is 2.43. The second kappa shape index (κ2) is 4.57. The molecule has 0 spiro atoms. The smallest absolute Gasteiger partial charge is 0.185 e. The Morgan fingerprint density at radius 3 is 2.50 bits per heavy atom. The van der Waals surface area contributed by atoms with Gasteiger partial charge in [-0.1, -0.05) is 42.5 Å². The highest BCUT2D eigenvalue weighted by molar-refractivity contribution is 7.79. The van der Waals surface area contributed by atoms with Crippen LogP contribution in [-0.2, 0) is 0 Å². The lowest BCUT2D eigenvalue weighted by Gasteiger charge is -1.91. The first kappa shape index (κ1) is 8.81. The maximum Gasteiger partial charge on any atom is 0.185 e. The highest BCUT2D eigenvalue weighted by atomic mass is 32.1. The number of hydrogen-bond donors (Lipinski definition) is 0. The third kappa shape index (κ3) is 2.40. The highest BCUT2D eigenvalue weighted by Crippen LogP contribution is 1.99. The molecule has 1 nitrogen and oxygen atoms in total. The summed E-state index contributed by atoms with van der Waals surface area (Å²) in [6, 6.07) is 9.09. The van der Waals surface area contributed by atoms with Crippen molar-refractivity contribution < 1.29 is 4.79 Å². The fraction of sp³-hybridized carbons (Fsp3) is 0. The van der Waals surface area contributed by atoms with Crippen molar-refractivity contribution in [3.63, 3.8) is 0 Å². The van der Waals surface area contributed by atoms with E-state index in [-0.39, 0.29) is 5.78 Å². The molecular formula is C10H8OS. The standard InChI is InChI=1S/C10H8OS/c11-10(7-4-8-12)9-5-2-1-3-6-9/h1-8H/b7-4-. The van der Waals surface area contributed by atoms with Gasteiger partial charge in [0.15, 0.2) is 5.78 Å². The van der Waals surface area contributed by atoms with Gasteiger partial charge in [0.1, 0.15) is 0 Å². The monoisotopic (exact) mass is 176 g/mol. The van der Waals surface area contributed by atoms with Gasteiger partial charge in [0.2, 0.25) is 0 Å². The Bertz CT molecular complexity index is 301. The van der Waals surface area contributed by atoms with Gasteiger partial charge in [0.05, 0.1) is 0 Å². The molecule has 0 radical (unpaired) electrons. The highest BCUT2D eigenvalue weighted by Gasteiger charge is 1.97. The van der Waals surface area contributed by atoms with Crippen molar-refractivity contribution in [1.82, 2.24) is 0 Å². The van der Waals surface area contributed by atoms with E-state index in [2.05, 4.69) is 12.2 Å². The topological polar surface area (TPSA) is 17.1 Å². The maximum atomic E-state index is 11.3. The van der Waals surface area contributed by atoms with Crippen LogP contribution in [0.2, 0.25) is 0 Å². The van der Waals surface area contributed by atoms with Crippen LogP contribution in [0.4, 0.5) is 0 Å². The van der Waals surface area contributed by atoms with Crippen LogP contribution in [0.15, 0.2) is 42.5 Å². The van der Waals surface area contributed by atoms with Crippen LogP contribution < -0.4 is 0 Å². The molecule has 0 amide bonds. The van der Waals surface area contributed by atoms with Crippen molar-refractivity contribution >= 4 is 23.4 Å². The van der Waals surface area contributed by atoms with E-state index in [0.29, 0.717) is 5.56 Å². The van der Waals surface area contributed by atoms with Gasteiger partial charge < -0.3 is 0 Å². The molecule has 0 fully saturated rings. The van der Waals surface area contributed by atoms with E-state index in [0.717, 1.165) is 0 Å². The lowest BCUT2D eigenvalue weighted by Crippen LogP contribution is -1.92. The molecule has 0 saturated carbocycles. The van der Waals surface area contributed by atoms with Crippen molar-refractivity contribution in [1.29, 1.82) is 0 Å². The van der Waals surface area contributed by atoms with Crippen molar-refractivity contribution in [2.45, 2.75) is 0 Å². The molecule has 0 bridgehead atoms. The first-order chi connectivity index (χ1) is 5.84. The first-order valence-corrected chi connectivity index (χ1v) is 4.03. The summed E-state index contributed by atoms with van der Waals surface area (Å²) >= 11 is 4.56. The first-order valence-electron chi connectivity index (χ1n) is 3.56. The Hall–Kier alpha value is -1.28. The Balaban J connectivity index is 2.79. The maximum absolute atomic E-state index is 11.3. The van der Waals surface area contributed by atoms with Crippen LogP contribution in [0.1, 0.15) is 10.4 Å². The van der Waals surface area contributed by atoms with E-state index in [1.807, 2.05) is 18.2 Å². The summed E-state index contributed by atoms with van der Waals surface area (Å²) in [5.41, 5.74) is 0.686. The van der Waals surface area contributed by atoms with Crippen molar-refractivity contribution in [2.24, 2.45) is 0 Å². The van der Waals surface area contributed by atoms with Crippen LogP contribution >= 0.6 is 12.2 Å². The quantitative estimate of drug-likeness (QED) is 0.399. The lowest BCUT2D eigenvalue weighted by molar-refractivity contribution is 0.104. The average molecular weight is 176 g/mol. The van der Waals surface area contributed by atoms with Crippen molar-refractivity contribution in [3.05, 3.63) is 48.0 Å². The molecular weight excluding hydrogens is 168 g/mol. The molecule has 0 aliphatic heterocycles. The van der Waals surface area contributed by atoms with E-state index >= 15 is 0 Å². The molecule has 2 heteroatoms. The molecule has 0 aliphatic carbocycles. The molecule has 0 atom stereocenters. The molecule has 0 aromatic heterocycles. The molecule has 12 heavy (non-hydrogen) atoms. The van der Waals surface area contributed by atoms with E-state index < -0.39 is 0 Å². The zero-order valence-corrected chi connectivity index (χ0v) is 7.25. The van der Waals surface area contributed by atoms with E-state index in [9.17, 15) is 4.79 Å². The molecule has 60 valence electrons. The van der Waals surface area contributed by atoms with Gasteiger partial charge in [-0.3, -0.25) is 4.79 Å². The minimum absolute atomic E-state index is 0.0169. The molecule has 0 heterocycles. The minimum Gasteiger partial charge on any atom is -0.289 e. The third-order valence-electron chi connectivity index (χ3n) is 1.38. The predicted molar refractivity (Wildman–Crippen MR) is 53.6 cm³/mol. The summed E-state index contributed by atoms with van der Waals surface area (Å²) < 4.78 is 0. The summed E-state index contributed by atoms with van der Waals surface area (Å²) in [5.74, 6) is -0.0169. The van der Waals surface area contributed by atoms with Gasteiger partial charge in [-0.15, -0.1) is 0 Å². The summed E-state index contributed by atoms with van der Waals surface area (Å²) in [6.07, 6.45) is 3.02. The molecule has 0 unspecified atom stereocenters. The van der Waals surface area contributed by atoms with Crippen molar-refractivity contribution in [2.75, 3.05) is 0 Å². The fourth-order valence-electron chi connectivity index (χ4n) is 0.825. The molecule has 1 aromatic rings. The Labute approximate surface area is 76.7 Å². The number of benzene rings is 1. The zero-order valence-electron chi connectivity index (χ0n) is 6.44. The molecule has 1 rings (SSSR count).